The minimum Gasteiger partial charge on any atom is -0.348 e. The second-order valence-electron chi connectivity index (χ2n) is 6.11. The maximum atomic E-state index is 2.42. The summed E-state index contributed by atoms with van der Waals surface area (Å²) in [5.74, 6) is 0.841. The van der Waals surface area contributed by atoms with E-state index in [0.29, 0.717) is 0 Å². The van der Waals surface area contributed by atoms with E-state index in [1.807, 2.05) is 0 Å². The molecule has 21 heavy (non-hydrogen) atoms. The normalized spacial score (nSPS) is 19.2. The van der Waals surface area contributed by atoms with Crippen LogP contribution in [0.15, 0.2) is 60.3 Å². The van der Waals surface area contributed by atoms with Crippen molar-refractivity contribution >= 4 is 5.69 Å². The van der Waals surface area contributed by atoms with E-state index in [2.05, 4.69) is 66.6 Å². The number of unbranched alkanes of at least 4 members (excludes halogenated alkanes) is 1. The average molecular weight is 279 g/mol. The lowest BCUT2D eigenvalue weighted by Gasteiger charge is -2.22. The highest BCUT2D eigenvalue weighted by atomic mass is 15.1. The average Bonchev–Trinajstić information content (AvgIpc) is 3.37. The third-order valence-electron chi connectivity index (χ3n) is 4.26. The van der Waals surface area contributed by atoms with Gasteiger partial charge in [-0.3, -0.25) is 0 Å². The molecule has 0 spiro atoms. The lowest BCUT2D eigenvalue weighted by Crippen LogP contribution is -2.18. The van der Waals surface area contributed by atoms with Crippen LogP contribution in [0.2, 0.25) is 0 Å². The number of nitrogens with zero attached hydrogens (tertiary/aromatic N) is 1. The number of allylic oxidation sites excluding steroid dienone is 5. The Kier molecular flexibility index (Phi) is 4.59. The fourth-order valence-electron chi connectivity index (χ4n) is 2.78. The molecule has 1 saturated carbocycles. The van der Waals surface area contributed by atoms with Crippen molar-refractivity contribution in [2.75, 3.05) is 11.4 Å². The van der Waals surface area contributed by atoms with Crippen molar-refractivity contribution < 1.29 is 0 Å². The summed E-state index contributed by atoms with van der Waals surface area (Å²) in [6.07, 6.45) is 17.3. The summed E-state index contributed by atoms with van der Waals surface area (Å²) < 4.78 is 0. The minimum atomic E-state index is 0.841. The number of hydrogen-bond donors (Lipinski definition) is 0. The molecule has 2 aliphatic rings. The maximum absolute atomic E-state index is 2.42. The second-order valence-corrected chi connectivity index (χ2v) is 6.11. The van der Waals surface area contributed by atoms with Gasteiger partial charge in [0.2, 0.25) is 0 Å². The Hall–Kier alpha value is -1.76. The smallest absolute Gasteiger partial charge is 0.0406 e. The fourth-order valence-corrected chi connectivity index (χ4v) is 2.78. The molecule has 0 N–H and O–H groups in total. The van der Waals surface area contributed by atoms with E-state index in [-0.39, 0.29) is 0 Å². The van der Waals surface area contributed by atoms with Gasteiger partial charge >= 0.3 is 0 Å². The predicted molar refractivity (Wildman–Crippen MR) is 91.7 cm³/mol. The van der Waals surface area contributed by atoms with Crippen molar-refractivity contribution in [1.82, 2.24) is 0 Å². The molecule has 1 aromatic carbocycles. The van der Waals surface area contributed by atoms with Gasteiger partial charge in [-0.2, -0.15) is 0 Å². The maximum Gasteiger partial charge on any atom is 0.0406 e. The Morgan fingerprint density at radius 2 is 1.95 bits per heavy atom. The molecule has 0 saturated heterocycles. The van der Waals surface area contributed by atoms with Gasteiger partial charge in [-0.05, 0) is 54.9 Å². The topological polar surface area (TPSA) is 3.24 Å². The van der Waals surface area contributed by atoms with Crippen LogP contribution < -0.4 is 4.90 Å². The number of rotatable bonds is 6. The van der Waals surface area contributed by atoms with Crippen LogP contribution >= 0.6 is 0 Å². The number of anilines is 1. The van der Waals surface area contributed by atoms with Crippen molar-refractivity contribution in [3.05, 3.63) is 65.9 Å². The lowest BCUT2D eigenvalue weighted by molar-refractivity contribution is 0.780. The molecule has 0 atom stereocenters. The zero-order valence-electron chi connectivity index (χ0n) is 13.0. The summed E-state index contributed by atoms with van der Waals surface area (Å²) in [6.45, 7) is 3.35. The van der Waals surface area contributed by atoms with Gasteiger partial charge < -0.3 is 4.90 Å². The fraction of sp³-hybridized carbons (Fsp3) is 0.400. The molecule has 0 unspecified atom stereocenters. The molecule has 0 amide bonds. The lowest BCUT2D eigenvalue weighted by atomic mass is 10.1. The van der Waals surface area contributed by atoms with Gasteiger partial charge in [0, 0.05) is 18.4 Å². The highest BCUT2D eigenvalue weighted by molar-refractivity contribution is 5.52. The van der Waals surface area contributed by atoms with Crippen LogP contribution in [0.3, 0.4) is 0 Å². The van der Waals surface area contributed by atoms with Crippen LogP contribution in [0.1, 0.15) is 50.5 Å². The van der Waals surface area contributed by atoms with Gasteiger partial charge in [0.05, 0.1) is 0 Å². The Labute approximate surface area is 128 Å². The Bertz CT molecular complexity index is 544. The van der Waals surface area contributed by atoms with Gasteiger partial charge in [0.15, 0.2) is 0 Å². The first-order chi connectivity index (χ1) is 10.4. The van der Waals surface area contributed by atoms with Gasteiger partial charge in [-0.1, -0.05) is 49.8 Å². The van der Waals surface area contributed by atoms with Gasteiger partial charge in [0.1, 0.15) is 0 Å². The highest BCUT2D eigenvalue weighted by Crippen LogP contribution is 2.40. The van der Waals surface area contributed by atoms with E-state index >= 15 is 0 Å². The van der Waals surface area contributed by atoms with E-state index in [1.165, 1.54) is 42.5 Å². The summed E-state index contributed by atoms with van der Waals surface area (Å²) >= 11 is 0. The van der Waals surface area contributed by atoms with Gasteiger partial charge in [-0.25, -0.2) is 0 Å². The van der Waals surface area contributed by atoms with E-state index in [1.54, 1.807) is 0 Å². The van der Waals surface area contributed by atoms with E-state index in [0.717, 1.165) is 18.9 Å². The summed E-state index contributed by atoms with van der Waals surface area (Å²) in [5, 5.41) is 0. The molecule has 1 fully saturated rings. The molecule has 0 aromatic heterocycles. The third kappa shape index (κ3) is 3.87. The van der Waals surface area contributed by atoms with Crippen LogP contribution in [-0.4, -0.2) is 6.54 Å². The van der Waals surface area contributed by atoms with Crippen LogP contribution in [0.25, 0.3) is 0 Å². The van der Waals surface area contributed by atoms with Gasteiger partial charge in [-0.15, -0.1) is 0 Å². The first kappa shape index (κ1) is 14.2. The number of hydrogen-bond acceptors (Lipinski definition) is 1. The first-order valence-corrected chi connectivity index (χ1v) is 8.27. The molecular weight excluding hydrogens is 254 g/mol. The van der Waals surface area contributed by atoms with Crippen LogP contribution in [0, 0.1) is 0 Å². The molecule has 2 aliphatic carbocycles. The monoisotopic (exact) mass is 279 g/mol. The molecule has 1 heteroatoms. The molecular formula is C20H25N. The summed E-state index contributed by atoms with van der Waals surface area (Å²) in [5.41, 5.74) is 4.23. The Morgan fingerprint density at radius 1 is 1.14 bits per heavy atom. The molecule has 0 heterocycles. The van der Waals surface area contributed by atoms with Crippen LogP contribution in [-0.2, 0) is 0 Å². The number of benzene rings is 1. The van der Waals surface area contributed by atoms with Crippen molar-refractivity contribution in [1.29, 1.82) is 0 Å². The van der Waals surface area contributed by atoms with Crippen molar-refractivity contribution in [2.24, 2.45) is 0 Å². The van der Waals surface area contributed by atoms with E-state index < -0.39 is 0 Å². The highest BCUT2D eigenvalue weighted by Gasteiger charge is 2.23. The molecule has 1 nitrogen and oxygen atoms in total. The van der Waals surface area contributed by atoms with E-state index in [4.69, 9.17) is 0 Å². The molecule has 0 aliphatic heterocycles. The Morgan fingerprint density at radius 3 is 2.57 bits per heavy atom. The second kappa shape index (κ2) is 6.80. The summed E-state index contributed by atoms with van der Waals surface area (Å²) in [4.78, 5) is 2.42. The molecule has 0 radical (unpaired) electrons. The minimum absolute atomic E-state index is 0.841. The summed E-state index contributed by atoms with van der Waals surface area (Å²) in [7, 11) is 0. The van der Waals surface area contributed by atoms with E-state index in [9.17, 15) is 0 Å². The van der Waals surface area contributed by atoms with Gasteiger partial charge in [0.25, 0.3) is 0 Å². The van der Waals surface area contributed by atoms with Crippen molar-refractivity contribution in [2.45, 2.75) is 44.9 Å². The molecule has 0 bridgehead atoms. The molecule has 1 aromatic rings. The third-order valence-corrected chi connectivity index (χ3v) is 4.26. The largest absolute Gasteiger partial charge is 0.348 e. The zero-order chi connectivity index (χ0) is 14.5. The standard InChI is InChI=1S/C20H25N/c1-2-3-15-21(16-17-7-5-4-6-8-17)20-13-11-19(12-14-20)18-9-10-18/h4-7,11-14,16,18H,2-3,8-10,15H2,1H3. The SMILES string of the molecule is CCCCN(C=C1C=CC=CC1)c1ccc(C2CC2)cc1. The van der Waals surface area contributed by atoms with Crippen molar-refractivity contribution in [3.63, 3.8) is 0 Å². The van der Waals surface area contributed by atoms with Crippen molar-refractivity contribution in [3.8, 4) is 0 Å². The molecule has 3 rings (SSSR count). The summed E-state index contributed by atoms with van der Waals surface area (Å²) in [6, 6.07) is 9.23. The quantitative estimate of drug-likeness (QED) is 0.658. The van der Waals surface area contributed by atoms with Crippen LogP contribution in [0.5, 0.6) is 0 Å². The molecule has 110 valence electrons. The Balaban J connectivity index is 1.76. The first-order valence-electron chi connectivity index (χ1n) is 8.27. The zero-order valence-corrected chi connectivity index (χ0v) is 13.0. The predicted octanol–water partition coefficient (Wildman–Crippen LogP) is 5.57. The van der Waals surface area contributed by atoms with Crippen LogP contribution in [0.4, 0.5) is 5.69 Å².